The molecular weight excluding hydrogens is 544 g/mol. The number of anilines is 2. The number of nitrogens with one attached hydrogen (secondary N) is 2. The van der Waals surface area contributed by atoms with E-state index in [9.17, 15) is 9.59 Å². The summed E-state index contributed by atoms with van der Waals surface area (Å²) in [6.45, 7) is 5.65. The van der Waals surface area contributed by atoms with E-state index in [1.54, 1.807) is 48.5 Å². The number of aromatic nitrogens is 2. The number of benzene rings is 2. The maximum absolute atomic E-state index is 12.7. The number of amides is 2. The molecule has 2 aromatic heterocycles. The SMILES string of the molecule is CCCCCOc1ccc(C(=O)Nc2nc(-c3csc(NC(=O)c4ccc(OCCCCC)cc4)n3)cs2)cc1. The highest BCUT2D eigenvalue weighted by atomic mass is 32.1. The largest absolute Gasteiger partial charge is 0.494 e. The van der Waals surface area contributed by atoms with Crippen LogP contribution in [0.4, 0.5) is 10.3 Å². The average molecular weight is 579 g/mol. The van der Waals surface area contributed by atoms with Gasteiger partial charge in [0.25, 0.3) is 11.8 Å². The number of rotatable bonds is 15. The molecule has 0 bridgehead atoms. The normalized spacial score (nSPS) is 10.8. The molecule has 0 spiro atoms. The van der Waals surface area contributed by atoms with Gasteiger partial charge in [-0.25, -0.2) is 9.97 Å². The van der Waals surface area contributed by atoms with Crippen LogP contribution in [-0.4, -0.2) is 35.0 Å². The van der Waals surface area contributed by atoms with E-state index < -0.39 is 0 Å². The lowest BCUT2D eigenvalue weighted by molar-refractivity contribution is 0.101. The van der Waals surface area contributed by atoms with Gasteiger partial charge in [-0.3, -0.25) is 20.2 Å². The molecule has 0 aliphatic rings. The minimum atomic E-state index is -0.248. The molecule has 0 aliphatic carbocycles. The van der Waals surface area contributed by atoms with Crippen molar-refractivity contribution in [3.05, 3.63) is 70.4 Å². The summed E-state index contributed by atoms with van der Waals surface area (Å²) in [4.78, 5) is 34.3. The number of ether oxygens (including phenoxy) is 2. The highest BCUT2D eigenvalue weighted by molar-refractivity contribution is 7.15. The lowest BCUT2D eigenvalue weighted by Gasteiger charge is -2.07. The lowest BCUT2D eigenvalue weighted by atomic mass is 10.2. The maximum Gasteiger partial charge on any atom is 0.257 e. The third kappa shape index (κ3) is 8.62. The fraction of sp³-hybridized carbons (Fsp3) is 0.333. The molecule has 0 atom stereocenters. The number of thiazole rings is 2. The first-order chi connectivity index (χ1) is 19.6. The number of hydrogen-bond acceptors (Lipinski definition) is 8. The van der Waals surface area contributed by atoms with Crippen LogP contribution in [0.2, 0.25) is 0 Å². The second-order valence-electron chi connectivity index (χ2n) is 9.14. The van der Waals surface area contributed by atoms with Crippen molar-refractivity contribution in [2.24, 2.45) is 0 Å². The van der Waals surface area contributed by atoms with Gasteiger partial charge >= 0.3 is 0 Å². The second kappa shape index (κ2) is 15.1. The number of carbonyl (C=O) groups is 2. The van der Waals surface area contributed by atoms with Crippen molar-refractivity contribution in [2.45, 2.75) is 52.4 Å². The first kappa shape index (κ1) is 29.2. The summed E-state index contributed by atoms with van der Waals surface area (Å²) < 4.78 is 11.4. The Morgan fingerprint density at radius 1 is 0.650 bits per heavy atom. The molecule has 2 heterocycles. The van der Waals surface area contributed by atoms with Crippen molar-refractivity contribution in [3.8, 4) is 22.9 Å². The monoisotopic (exact) mass is 578 g/mol. The van der Waals surface area contributed by atoms with Crippen LogP contribution in [-0.2, 0) is 0 Å². The van der Waals surface area contributed by atoms with Crippen molar-refractivity contribution < 1.29 is 19.1 Å². The van der Waals surface area contributed by atoms with Gasteiger partial charge < -0.3 is 9.47 Å². The Labute approximate surface area is 242 Å². The summed E-state index contributed by atoms with van der Waals surface area (Å²) in [6, 6.07) is 14.2. The fourth-order valence-electron chi connectivity index (χ4n) is 3.73. The minimum absolute atomic E-state index is 0.248. The molecule has 4 rings (SSSR count). The lowest BCUT2D eigenvalue weighted by Crippen LogP contribution is -2.11. The topological polar surface area (TPSA) is 102 Å². The van der Waals surface area contributed by atoms with Gasteiger partial charge in [-0.2, -0.15) is 0 Å². The van der Waals surface area contributed by atoms with Crippen molar-refractivity contribution in [2.75, 3.05) is 23.8 Å². The standard InChI is InChI=1S/C30H34N4O4S2/c1-3-5-7-17-37-23-13-9-21(10-14-23)27(35)33-29-31-25(19-39-29)26-20-40-30(32-26)34-28(36)22-11-15-24(16-12-22)38-18-8-6-4-2/h9-16,19-20H,3-8,17-18H2,1-2H3,(H,31,33,35)(H,32,34,36). The second-order valence-corrected chi connectivity index (χ2v) is 10.9. The van der Waals surface area contributed by atoms with Crippen LogP contribution in [0, 0.1) is 0 Å². The van der Waals surface area contributed by atoms with E-state index in [4.69, 9.17) is 9.47 Å². The Morgan fingerprint density at radius 3 is 1.43 bits per heavy atom. The molecule has 0 fully saturated rings. The molecule has 10 heteroatoms. The minimum Gasteiger partial charge on any atom is -0.494 e. The predicted molar refractivity (Wildman–Crippen MR) is 162 cm³/mol. The van der Waals surface area contributed by atoms with E-state index in [0.29, 0.717) is 46.0 Å². The maximum atomic E-state index is 12.7. The van der Waals surface area contributed by atoms with Gasteiger partial charge in [0.1, 0.15) is 22.9 Å². The Kier molecular flexibility index (Phi) is 11.1. The molecule has 0 aliphatic heterocycles. The number of hydrogen-bond donors (Lipinski definition) is 2. The van der Waals surface area contributed by atoms with E-state index in [0.717, 1.165) is 50.0 Å². The van der Waals surface area contributed by atoms with Crippen LogP contribution in [0.25, 0.3) is 11.4 Å². The zero-order valence-corrected chi connectivity index (χ0v) is 24.4. The number of unbranched alkanes of at least 4 members (excludes halogenated alkanes) is 4. The first-order valence-electron chi connectivity index (χ1n) is 13.6. The highest BCUT2D eigenvalue weighted by Gasteiger charge is 2.14. The Hall–Kier alpha value is -3.76. The van der Waals surface area contributed by atoms with Crippen molar-refractivity contribution in [1.29, 1.82) is 0 Å². The van der Waals surface area contributed by atoms with E-state index in [1.807, 2.05) is 10.8 Å². The summed E-state index contributed by atoms with van der Waals surface area (Å²) in [5, 5.41) is 10.3. The van der Waals surface area contributed by atoms with E-state index >= 15 is 0 Å². The third-order valence-corrected chi connectivity index (χ3v) is 7.49. The molecular formula is C30H34N4O4S2. The van der Waals surface area contributed by atoms with Gasteiger partial charge in [0.2, 0.25) is 0 Å². The molecule has 2 N–H and O–H groups in total. The van der Waals surface area contributed by atoms with E-state index in [1.165, 1.54) is 22.7 Å². The van der Waals surface area contributed by atoms with Gasteiger partial charge in [0.05, 0.1) is 13.2 Å². The molecule has 2 aromatic carbocycles. The zero-order chi connectivity index (χ0) is 28.2. The molecule has 0 radical (unpaired) electrons. The van der Waals surface area contributed by atoms with Crippen LogP contribution in [0.15, 0.2) is 59.3 Å². The van der Waals surface area contributed by atoms with Gasteiger partial charge in [-0.1, -0.05) is 39.5 Å². The molecule has 40 heavy (non-hydrogen) atoms. The average Bonchev–Trinajstić information content (AvgIpc) is 3.64. The number of carbonyl (C=O) groups excluding carboxylic acids is 2. The number of nitrogens with zero attached hydrogens (tertiary/aromatic N) is 2. The Bertz CT molecular complexity index is 1260. The predicted octanol–water partition coefficient (Wildman–Crippen LogP) is 7.91. The molecule has 210 valence electrons. The molecule has 0 saturated heterocycles. The summed E-state index contributed by atoms with van der Waals surface area (Å²) in [5.74, 6) is 1.00. The highest BCUT2D eigenvalue weighted by Crippen LogP contribution is 2.29. The first-order valence-corrected chi connectivity index (χ1v) is 15.3. The Balaban J connectivity index is 1.28. The molecule has 0 saturated carbocycles. The van der Waals surface area contributed by atoms with Gasteiger partial charge in [-0.05, 0) is 61.4 Å². The smallest absolute Gasteiger partial charge is 0.257 e. The molecule has 8 nitrogen and oxygen atoms in total. The molecule has 2 amide bonds. The van der Waals surface area contributed by atoms with E-state index in [2.05, 4.69) is 34.4 Å². The van der Waals surface area contributed by atoms with Crippen LogP contribution in [0.1, 0.15) is 73.1 Å². The van der Waals surface area contributed by atoms with Crippen LogP contribution in [0.5, 0.6) is 11.5 Å². The van der Waals surface area contributed by atoms with Crippen LogP contribution < -0.4 is 20.1 Å². The van der Waals surface area contributed by atoms with E-state index in [-0.39, 0.29) is 11.8 Å². The van der Waals surface area contributed by atoms with Crippen molar-refractivity contribution in [3.63, 3.8) is 0 Å². The Morgan fingerprint density at radius 2 is 1.05 bits per heavy atom. The van der Waals surface area contributed by atoms with Gasteiger partial charge in [0, 0.05) is 21.9 Å². The van der Waals surface area contributed by atoms with Crippen LogP contribution >= 0.6 is 22.7 Å². The van der Waals surface area contributed by atoms with Crippen LogP contribution in [0.3, 0.4) is 0 Å². The zero-order valence-electron chi connectivity index (χ0n) is 22.8. The van der Waals surface area contributed by atoms with Gasteiger partial charge in [0.15, 0.2) is 10.3 Å². The summed E-state index contributed by atoms with van der Waals surface area (Å²) in [5.41, 5.74) is 2.29. The quantitative estimate of drug-likeness (QED) is 0.139. The van der Waals surface area contributed by atoms with Crippen molar-refractivity contribution >= 4 is 44.8 Å². The summed E-state index contributed by atoms with van der Waals surface area (Å²) >= 11 is 2.63. The molecule has 4 aromatic rings. The fourth-order valence-corrected chi connectivity index (χ4v) is 5.12. The van der Waals surface area contributed by atoms with Gasteiger partial charge in [-0.15, -0.1) is 22.7 Å². The summed E-state index contributed by atoms with van der Waals surface area (Å²) in [6.07, 6.45) is 6.59. The van der Waals surface area contributed by atoms with Crippen molar-refractivity contribution in [1.82, 2.24) is 9.97 Å². The summed E-state index contributed by atoms with van der Waals surface area (Å²) in [7, 11) is 0. The molecule has 0 unspecified atom stereocenters. The third-order valence-electron chi connectivity index (χ3n) is 5.98.